The Bertz CT molecular complexity index is 1240. The maximum atomic E-state index is 12.6. The Hall–Kier alpha value is -3.36. The van der Waals surface area contributed by atoms with Crippen molar-refractivity contribution in [1.29, 1.82) is 0 Å². The van der Waals surface area contributed by atoms with Crippen molar-refractivity contribution in [3.63, 3.8) is 0 Å². The molecule has 0 atom stereocenters. The molecule has 0 spiro atoms. The van der Waals surface area contributed by atoms with Gasteiger partial charge in [-0.15, -0.1) is 0 Å². The first-order valence-electron chi connectivity index (χ1n) is 9.68. The van der Waals surface area contributed by atoms with E-state index >= 15 is 0 Å². The van der Waals surface area contributed by atoms with E-state index in [0.717, 1.165) is 16.7 Å². The minimum Gasteiger partial charge on any atom is -0.280 e. The fraction of sp³-hybridized carbons (Fsp3) is 0.130. The number of halogens is 1. The average molecular weight is 472 g/mol. The molecule has 0 radical (unpaired) electrons. The fourth-order valence-electron chi connectivity index (χ4n) is 2.82. The largest absolute Gasteiger partial charge is 0.280 e. The second-order valence-corrected chi connectivity index (χ2v) is 9.35. The van der Waals surface area contributed by atoms with E-state index in [4.69, 9.17) is 11.6 Å². The summed E-state index contributed by atoms with van der Waals surface area (Å²) in [4.78, 5) is 24.4. The van der Waals surface area contributed by atoms with Crippen LogP contribution < -0.4 is 15.6 Å². The van der Waals surface area contributed by atoms with Crippen LogP contribution in [0.3, 0.4) is 0 Å². The second-order valence-electron chi connectivity index (χ2n) is 7.23. The summed E-state index contributed by atoms with van der Waals surface area (Å²) in [6.07, 6.45) is 0.0800. The molecule has 9 heteroatoms. The molecule has 7 nitrogen and oxygen atoms in total. The van der Waals surface area contributed by atoms with Crippen molar-refractivity contribution in [3.05, 3.63) is 94.0 Å². The predicted octanol–water partition coefficient (Wildman–Crippen LogP) is 3.76. The minimum absolute atomic E-state index is 0.0800. The number of anilines is 1. The maximum Gasteiger partial charge on any atom is 0.269 e. The zero-order valence-corrected chi connectivity index (χ0v) is 19.0. The van der Waals surface area contributed by atoms with Crippen molar-refractivity contribution in [2.45, 2.75) is 25.2 Å². The number of aryl methyl sites for hydroxylation is 2. The average Bonchev–Trinajstić information content (AvgIpc) is 2.76. The van der Waals surface area contributed by atoms with Crippen molar-refractivity contribution in [1.82, 2.24) is 10.9 Å². The zero-order valence-electron chi connectivity index (χ0n) is 17.5. The number of nitrogens with one attached hydrogen (secondary N) is 3. The molecule has 32 heavy (non-hydrogen) atoms. The molecule has 3 rings (SSSR count). The van der Waals surface area contributed by atoms with Crippen LogP contribution in [0.15, 0.2) is 71.6 Å². The summed E-state index contributed by atoms with van der Waals surface area (Å²) >= 11 is 5.81. The number of hydrogen-bond donors (Lipinski definition) is 3. The first-order chi connectivity index (χ1) is 15.1. The molecular formula is C23H22ClN3O4S. The number of amides is 2. The summed E-state index contributed by atoms with van der Waals surface area (Å²) in [6.45, 7) is 3.75. The number of sulfonamides is 1. The third-order valence-corrected chi connectivity index (χ3v) is 6.41. The Balaban J connectivity index is 1.57. The highest BCUT2D eigenvalue weighted by molar-refractivity contribution is 7.92. The minimum atomic E-state index is -3.76. The van der Waals surface area contributed by atoms with Crippen molar-refractivity contribution in [3.8, 4) is 0 Å². The summed E-state index contributed by atoms with van der Waals surface area (Å²) in [5.41, 5.74) is 7.87. The van der Waals surface area contributed by atoms with Gasteiger partial charge in [0.25, 0.3) is 15.9 Å². The first kappa shape index (κ1) is 23.3. The summed E-state index contributed by atoms with van der Waals surface area (Å²) in [5.74, 6) is -0.920. The van der Waals surface area contributed by atoms with E-state index in [1.54, 1.807) is 42.5 Å². The van der Waals surface area contributed by atoms with Crippen LogP contribution >= 0.6 is 11.6 Å². The number of hydrazine groups is 1. The molecule has 0 aromatic heterocycles. The summed E-state index contributed by atoms with van der Waals surface area (Å²) in [5, 5.41) is 0.571. The standard InChI is InChI=1S/C23H22ClN3O4S/c1-15-3-12-21(13-16(15)2)32(30,31)27-20-10-6-18(7-11-20)23(29)26-25-22(28)14-17-4-8-19(24)9-5-17/h3-13,27H,14H2,1-2H3,(H,25,28)(H,26,29). The lowest BCUT2D eigenvalue weighted by Gasteiger charge is -2.11. The topological polar surface area (TPSA) is 104 Å². The Morgan fingerprint density at radius 3 is 2.12 bits per heavy atom. The molecule has 0 heterocycles. The number of hydrogen-bond acceptors (Lipinski definition) is 4. The van der Waals surface area contributed by atoms with Gasteiger partial charge < -0.3 is 0 Å². The van der Waals surface area contributed by atoms with Crippen LogP contribution in [-0.4, -0.2) is 20.2 Å². The molecule has 3 aromatic rings. The van der Waals surface area contributed by atoms with Gasteiger partial charge in [0, 0.05) is 16.3 Å². The highest BCUT2D eigenvalue weighted by Gasteiger charge is 2.15. The summed E-state index contributed by atoms with van der Waals surface area (Å²) in [7, 11) is -3.76. The van der Waals surface area contributed by atoms with Gasteiger partial charge in [-0.25, -0.2) is 8.42 Å². The number of carbonyl (C=O) groups excluding carboxylic acids is 2. The van der Waals surface area contributed by atoms with Gasteiger partial charge in [0.05, 0.1) is 11.3 Å². The smallest absolute Gasteiger partial charge is 0.269 e. The number of benzene rings is 3. The lowest BCUT2D eigenvalue weighted by atomic mass is 10.1. The first-order valence-corrected chi connectivity index (χ1v) is 11.5. The summed E-state index contributed by atoms with van der Waals surface area (Å²) in [6, 6.07) is 17.6. The highest BCUT2D eigenvalue weighted by atomic mass is 35.5. The van der Waals surface area contributed by atoms with E-state index in [1.807, 2.05) is 13.8 Å². The number of carbonyl (C=O) groups is 2. The van der Waals surface area contributed by atoms with Gasteiger partial charge in [0.2, 0.25) is 5.91 Å². The van der Waals surface area contributed by atoms with Crippen molar-refractivity contribution >= 4 is 39.1 Å². The lowest BCUT2D eigenvalue weighted by Crippen LogP contribution is -2.42. The monoisotopic (exact) mass is 471 g/mol. The molecule has 0 saturated carbocycles. The van der Waals surface area contributed by atoms with E-state index in [-0.39, 0.29) is 16.9 Å². The van der Waals surface area contributed by atoms with Crippen LogP contribution in [0.25, 0.3) is 0 Å². The van der Waals surface area contributed by atoms with Crippen LogP contribution in [-0.2, 0) is 21.2 Å². The van der Waals surface area contributed by atoms with Crippen LogP contribution in [0.4, 0.5) is 5.69 Å². The molecule has 3 aromatic carbocycles. The lowest BCUT2D eigenvalue weighted by molar-refractivity contribution is -0.121. The molecule has 0 bridgehead atoms. The molecule has 0 aliphatic carbocycles. The fourth-order valence-corrected chi connectivity index (χ4v) is 4.08. The van der Waals surface area contributed by atoms with Crippen molar-refractivity contribution < 1.29 is 18.0 Å². The molecule has 0 aliphatic rings. The Labute approximate surface area is 191 Å². The molecule has 3 N–H and O–H groups in total. The maximum absolute atomic E-state index is 12.6. The van der Waals surface area contributed by atoms with E-state index in [2.05, 4.69) is 15.6 Å². The van der Waals surface area contributed by atoms with E-state index < -0.39 is 21.8 Å². The van der Waals surface area contributed by atoms with Crippen molar-refractivity contribution in [2.24, 2.45) is 0 Å². The molecule has 2 amide bonds. The normalized spacial score (nSPS) is 11.0. The molecule has 166 valence electrons. The molecule has 0 unspecified atom stereocenters. The van der Waals surface area contributed by atoms with E-state index in [1.165, 1.54) is 24.3 Å². The Morgan fingerprint density at radius 2 is 1.50 bits per heavy atom. The van der Waals surface area contributed by atoms with Gasteiger partial charge in [0.15, 0.2) is 0 Å². The predicted molar refractivity (Wildman–Crippen MR) is 124 cm³/mol. The quantitative estimate of drug-likeness (QED) is 0.476. The van der Waals surface area contributed by atoms with Gasteiger partial charge in [-0.1, -0.05) is 29.8 Å². The molecular weight excluding hydrogens is 450 g/mol. The van der Waals surface area contributed by atoms with Gasteiger partial charge in [-0.2, -0.15) is 0 Å². The van der Waals surface area contributed by atoms with Crippen molar-refractivity contribution in [2.75, 3.05) is 4.72 Å². The van der Waals surface area contributed by atoms with Gasteiger partial charge in [-0.05, 0) is 79.1 Å². The molecule has 0 saturated heterocycles. The van der Waals surface area contributed by atoms with Crippen LogP contribution in [0.5, 0.6) is 0 Å². The third kappa shape index (κ3) is 6.09. The van der Waals surface area contributed by atoms with Gasteiger partial charge in [0.1, 0.15) is 0 Å². The second kappa shape index (κ2) is 9.84. The third-order valence-electron chi connectivity index (χ3n) is 4.78. The van der Waals surface area contributed by atoms with Crippen LogP contribution in [0.2, 0.25) is 5.02 Å². The summed E-state index contributed by atoms with van der Waals surface area (Å²) < 4.78 is 27.7. The SMILES string of the molecule is Cc1ccc(S(=O)(=O)Nc2ccc(C(=O)NNC(=O)Cc3ccc(Cl)cc3)cc2)cc1C. The van der Waals surface area contributed by atoms with E-state index in [9.17, 15) is 18.0 Å². The van der Waals surface area contributed by atoms with E-state index in [0.29, 0.717) is 10.7 Å². The number of rotatable bonds is 6. The zero-order chi connectivity index (χ0) is 23.3. The molecule has 0 aliphatic heterocycles. The van der Waals surface area contributed by atoms with Crippen LogP contribution in [0.1, 0.15) is 27.0 Å². The van der Waals surface area contributed by atoms with Crippen LogP contribution in [0, 0.1) is 13.8 Å². The van der Waals surface area contributed by atoms with Gasteiger partial charge >= 0.3 is 0 Å². The highest BCUT2D eigenvalue weighted by Crippen LogP contribution is 2.19. The van der Waals surface area contributed by atoms with Gasteiger partial charge in [-0.3, -0.25) is 25.2 Å². The Kier molecular flexibility index (Phi) is 7.17. The molecule has 0 fully saturated rings. The Morgan fingerprint density at radius 1 is 0.844 bits per heavy atom.